The van der Waals surface area contributed by atoms with Gasteiger partial charge in [0.25, 0.3) is 0 Å². The van der Waals surface area contributed by atoms with Gasteiger partial charge in [-0.15, -0.1) is 0 Å². The minimum absolute atomic E-state index is 0.0333. The average Bonchev–Trinajstić information content (AvgIpc) is 3.65. The summed E-state index contributed by atoms with van der Waals surface area (Å²) in [7, 11) is 0. The Labute approximate surface area is 280 Å². The number of unbranched alkanes of at least 4 members (excludes halogenated alkanes) is 4. The molecule has 2 heterocycles. The molecule has 10 atom stereocenters. The van der Waals surface area contributed by atoms with E-state index in [4.69, 9.17) is 5.73 Å². The van der Waals surface area contributed by atoms with Crippen molar-refractivity contribution in [3.8, 4) is 0 Å². The Morgan fingerprint density at radius 1 is 1.06 bits per heavy atom. The van der Waals surface area contributed by atoms with Crippen LogP contribution < -0.4 is 5.73 Å². The fraction of sp³-hybridized carbons (Fsp3) is 0.641. The third-order valence-electron chi connectivity index (χ3n) is 11.5. The van der Waals surface area contributed by atoms with E-state index < -0.39 is 29.5 Å². The molecule has 0 amide bonds. The van der Waals surface area contributed by atoms with E-state index in [0.717, 1.165) is 56.2 Å². The third kappa shape index (κ3) is 8.95. The number of H-pyrrole nitrogens is 1. The monoisotopic (exact) mass is 647 g/mol. The number of nitrogen functional groups attached to an aromatic ring is 1. The maximum atomic E-state index is 12.4. The summed E-state index contributed by atoms with van der Waals surface area (Å²) < 4.78 is 0. The number of aromatic nitrogens is 2. The normalized spacial score (nSPS) is 31.4. The van der Waals surface area contributed by atoms with Crippen molar-refractivity contribution in [1.29, 1.82) is 0 Å². The molecule has 3 aliphatic rings. The van der Waals surface area contributed by atoms with Crippen LogP contribution in [0.15, 0.2) is 61.0 Å². The van der Waals surface area contributed by atoms with E-state index in [1.807, 2.05) is 36.5 Å². The highest BCUT2D eigenvalue weighted by Crippen LogP contribution is 2.54. The molecule has 0 saturated heterocycles. The molecule has 2 aromatic rings. The molecule has 5 rings (SSSR count). The van der Waals surface area contributed by atoms with Crippen molar-refractivity contribution in [3.05, 3.63) is 72.2 Å². The number of fused-ring (bicyclic) bond motifs is 1. The summed E-state index contributed by atoms with van der Waals surface area (Å²) in [6.07, 6.45) is 22.8. The van der Waals surface area contributed by atoms with Crippen molar-refractivity contribution < 1.29 is 25.2 Å². The number of carboxylic acid groups (broad SMARTS) is 1. The van der Waals surface area contributed by atoms with Crippen molar-refractivity contribution >= 4 is 11.8 Å². The van der Waals surface area contributed by atoms with Gasteiger partial charge in [0.05, 0.1) is 23.7 Å². The van der Waals surface area contributed by atoms with Crippen LogP contribution in [0.5, 0.6) is 0 Å². The minimum atomic E-state index is -1.08. The van der Waals surface area contributed by atoms with Gasteiger partial charge in [-0.1, -0.05) is 69.8 Å². The van der Waals surface area contributed by atoms with E-state index in [0.29, 0.717) is 37.4 Å². The van der Waals surface area contributed by atoms with Crippen LogP contribution in [0.1, 0.15) is 95.2 Å². The Hall–Kier alpha value is -2.94. The highest BCUT2D eigenvalue weighted by atomic mass is 16.4. The first kappa shape index (κ1) is 35.4. The minimum Gasteiger partial charge on any atom is -0.481 e. The fourth-order valence-electron chi connectivity index (χ4n) is 8.93. The van der Waals surface area contributed by atoms with Crippen molar-refractivity contribution in [2.45, 2.75) is 115 Å². The van der Waals surface area contributed by atoms with Gasteiger partial charge in [-0.2, -0.15) is 0 Å². The van der Waals surface area contributed by atoms with Gasteiger partial charge < -0.3 is 31.1 Å². The first-order valence-corrected chi connectivity index (χ1v) is 18.2. The lowest BCUT2D eigenvalue weighted by Crippen LogP contribution is -2.48. The van der Waals surface area contributed by atoms with E-state index in [1.165, 1.54) is 19.3 Å². The second-order valence-electron chi connectivity index (χ2n) is 14.8. The summed E-state index contributed by atoms with van der Waals surface area (Å²) in [4.78, 5) is 19.8. The molecule has 0 aliphatic heterocycles. The number of nitrogens with one attached hydrogen (secondary N) is 1. The maximum absolute atomic E-state index is 12.4. The van der Waals surface area contributed by atoms with Gasteiger partial charge in [-0.25, -0.2) is 4.98 Å². The van der Waals surface area contributed by atoms with Gasteiger partial charge in [0, 0.05) is 35.8 Å². The molecular weight excluding hydrogens is 590 g/mol. The summed E-state index contributed by atoms with van der Waals surface area (Å²) in [5.41, 5.74) is 7.06. The van der Waals surface area contributed by atoms with Crippen LogP contribution in [0.4, 0.5) is 5.82 Å². The number of aliphatic hydroxyl groups excluding tert-OH is 2. The first-order valence-electron chi connectivity index (χ1n) is 18.2. The zero-order chi connectivity index (χ0) is 33.4. The molecule has 2 aromatic heterocycles. The topological polar surface area (TPSA) is 153 Å². The summed E-state index contributed by atoms with van der Waals surface area (Å²) in [5, 5.41) is 44.8. The fourth-order valence-corrected chi connectivity index (χ4v) is 8.93. The predicted octanol–water partition coefficient (Wildman–Crippen LogP) is 6.48. The summed E-state index contributed by atoms with van der Waals surface area (Å²) in [6, 6.07) is 7.87. The number of pyridine rings is 1. The Morgan fingerprint density at radius 2 is 1.89 bits per heavy atom. The molecule has 7 N–H and O–H groups in total. The van der Waals surface area contributed by atoms with Gasteiger partial charge in [-0.3, -0.25) is 4.79 Å². The molecule has 8 heteroatoms. The highest BCUT2D eigenvalue weighted by Gasteiger charge is 2.55. The second kappa shape index (κ2) is 16.4. The molecule has 0 aromatic carbocycles. The molecule has 1 saturated carbocycles. The summed E-state index contributed by atoms with van der Waals surface area (Å²) >= 11 is 0. The van der Waals surface area contributed by atoms with Crippen LogP contribution >= 0.6 is 0 Å². The van der Waals surface area contributed by atoms with Gasteiger partial charge in [0.2, 0.25) is 0 Å². The predicted molar refractivity (Wildman–Crippen MR) is 185 cm³/mol. The maximum Gasteiger partial charge on any atom is 0.309 e. The van der Waals surface area contributed by atoms with Crippen molar-refractivity contribution in [1.82, 2.24) is 9.97 Å². The van der Waals surface area contributed by atoms with Gasteiger partial charge >= 0.3 is 5.97 Å². The quantitative estimate of drug-likeness (QED) is 0.0849. The van der Waals surface area contributed by atoms with Crippen LogP contribution in [0.3, 0.4) is 0 Å². The number of aliphatic carboxylic acids is 1. The van der Waals surface area contributed by atoms with Crippen molar-refractivity contribution in [2.75, 3.05) is 5.73 Å². The largest absolute Gasteiger partial charge is 0.481 e. The Morgan fingerprint density at radius 3 is 2.62 bits per heavy atom. The molecule has 0 radical (unpaired) electrons. The van der Waals surface area contributed by atoms with Gasteiger partial charge in [0.1, 0.15) is 5.82 Å². The van der Waals surface area contributed by atoms with Crippen LogP contribution in [0.2, 0.25) is 0 Å². The van der Waals surface area contributed by atoms with Crippen molar-refractivity contribution in [2.24, 2.45) is 41.4 Å². The lowest BCUT2D eigenvalue weighted by molar-refractivity contribution is -0.148. The van der Waals surface area contributed by atoms with Crippen LogP contribution in [-0.2, 0) is 17.6 Å². The Bertz CT molecular complexity index is 1330. The molecule has 8 nitrogen and oxygen atoms in total. The van der Waals surface area contributed by atoms with Gasteiger partial charge in [-0.05, 0) is 98.9 Å². The van der Waals surface area contributed by atoms with E-state index >= 15 is 0 Å². The number of hydrogen-bond acceptors (Lipinski definition) is 6. The van der Waals surface area contributed by atoms with Crippen LogP contribution in [-0.4, -0.2) is 54.2 Å². The standard InChI is InChI=1S/C39H57N3O5/c1-2-3-5-9-26-13-14-28(35(43)21-26)10-6-4-7-12-33(38(45)46)37(44)29-15-16-34-30(20-27-17-19-42-36(40)22-27)23-31(39(34,47)25-29)24-32-11-8-18-41-32/h8,11,13-19,22,26,28-31,33-35,37,41,43-44,47H,2-7,9-10,12,20-21,23-25H2,1H3,(H2,40,42)(H,45,46). The number of rotatable bonds is 17. The molecule has 10 unspecified atom stereocenters. The number of carboxylic acids is 1. The molecule has 258 valence electrons. The zero-order valence-corrected chi connectivity index (χ0v) is 28.1. The Kier molecular flexibility index (Phi) is 12.4. The number of nitrogens with zero attached hydrogens (tertiary/aromatic N) is 1. The van der Waals surface area contributed by atoms with Crippen LogP contribution in [0, 0.1) is 41.4 Å². The molecular formula is C39H57N3O5. The smallest absolute Gasteiger partial charge is 0.309 e. The van der Waals surface area contributed by atoms with E-state index in [-0.39, 0.29) is 29.8 Å². The number of allylic oxidation sites excluding steroid dienone is 1. The number of nitrogens with two attached hydrogens (primary N) is 1. The number of carbonyl (C=O) groups is 1. The lowest BCUT2D eigenvalue weighted by atomic mass is 9.68. The lowest BCUT2D eigenvalue weighted by Gasteiger charge is -2.42. The van der Waals surface area contributed by atoms with E-state index in [9.17, 15) is 25.2 Å². The number of aromatic amines is 1. The second-order valence-corrected chi connectivity index (χ2v) is 14.8. The zero-order valence-electron chi connectivity index (χ0n) is 28.1. The molecule has 0 spiro atoms. The number of hydrogen-bond donors (Lipinski definition) is 6. The third-order valence-corrected chi connectivity index (χ3v) is 11.5. The highest BCUT2D eigenvalue weighted by molar-refractivity contribution is 5.70. The summed E-state index contributed by atoms with van der Waals surface area (Å²) in [5.74, 6) is -1.13. The number of anilines is 1. The molecule has 1 fully saturated rings. The molecule has 3 aliphatic carbocycles. The first-order chi connectivity index (χ1) is 22.7. The van der Waals surface area contributed by atoms with Crippen LogP contribution in [0.25, 0.3) is 0 Å². The summed E-state index contributed by atoms with van der Waals surface area (Å²) in [6.45, 7) is 2.21. The number of aliphatic hydroxyl groups is 3. The Balaban J connectivity index is 1.17. The molecule has 0 bridgehead atoms. The van der Waals surface area contributed by atoms with Gasteiger partial charge in [0.15, 0.2) is 0 Å². The van der Waals surface area contributed by atoms with E-state index in [2.05, 4.69) is 35.1 Å². The van der Waals surface area contributed by atoms with Crippen molar-refractivity contribution in [3.63, 3.8) is 0 Å². The molecule has 47 heavy (non-hydrogen) atoms. The SMILES string of the molecule is CCCCCC1C=CC(CCCCCC(C(=O)O)C(O)C2C=CC3C(Cc4ccnc(N)c4)CC(Cc4ccc[nH]4)C3(O)C2)C(O)C1. The van der Waals surface area contributed by atoms with E-state index in [1.54, 1.807) is 6.20 Å². The average molecular weight is 648 g/mol.